The molecule has 1 rings (SSSR count). The van der Waals surface area contributed by atoms with Crippen LogP contribution in [0.15, 0.2) is 12.7 Å². The highest BCUT2D eigenvalue weighted by atomic mass is 16.5. The quantitative estimate of drug-likeness (QED) is 0.611. The minimum atomic E-state index is 0.318. The highest BCUT2D eigenvalue weighted by Crippen LogP contribution is 2.05. The van der Waals surface area contributed by atoms with E-state index in [1.165, 1.54) is 0 Å². The Morgan fingerprint density at radius 2 is 2.62 bits per heavy atom. The summed E-state index contributed by atoms with van der Waals surface area (Å²) in [6.07, 6.45) is 3.30. The van der Waals surface area contributed by atoms with E-state index in [0.29, 0.717) is 12.1 Å². The molecule has 3 heteroatoms. The minimum absolute atomic E-state index is 0.318. The first-order chi connectivity index (χ1) is 6.38. The molecule has 76 valence electrons. The fraction of sp³-hybridized carbons (Fsp3) is 0.800. The van der Waals surface area contributed by atoms with E-state index in [-0.39, 0.29) is 0 Å². The number of hydrogen-bond acceptors (Lipinski definition) is 3. The van der Waals surface area contributed by atoms with E-state index in [9.17, 15) is 0 Å². The smallest absolute Gasteiger partial charge is 0.0852 e. The lowest BCUT2D eigenvalue weighted by Crippen LogP contribution is -2.50. The summed E-state index contributed by atoms with van der Waals surface area (Å²) < 4.78 is 5.67. The molecule has 0 aliphatic carbocycles. The third-order valence-corrected chi connectivity index (χ3v) is 2.37. The molecule has 1 heterocycles. The van der Waals surface area contributed by atoms with Crippen molar-refractivity contribution in [1.29, 1.82) is 0 Å². The van der Waals surface area contributed by atoms with Gasteiger partial charge in [-0.05, 0) is 6.42 Å². The Balaban J connectivity index is 2.29. The Kier molecular flexibility index (Phi) is 5.05. The van der Waals surface area contributed by atoms with Crippen LogP contribution < -0.4 is 10.6 Å². The summed E-state index contributed by atoms with van der Waals surface area (Å²) in [5.74, 6) is 0. The Bertz CT molecular complexity index is 144. The Labute approximate surface area is 80.5 Å². The average Bonchev–Trinajstić information content (AvgIpc) is 2.21. The second-order valence-electron chi connectivity index (χ2n) is 3.33. The summed E-state index contributed by atoms with van der Waals surface area (Å²) >= 11 is 0. The lowest BCUT2D eigenvalue weighted by atomic mass is 10.1. The summed E-state index contributed by atoms with van der Waals surface area (Å²) in [5, 5.41) is 6.74. The van der Waals surface area contributed by atoms with Gasteiger partial charge < -0.3 is 15.4 Å². The lowest BCUT2D eigenvalue weighted by molar-refractivity contribution is 0.00430. The zero-order valence-corrected chi connectivity index (χ0v) is 8.38. The highest BCUT2D eigenvalue weighted by molar-refractivity contribution is 4.83. The fourth-order valence-corrected chi connectivity index (χ4v) is 1.62. The molecule has 13 heavy (non-hydrogen) atoms. The zero-order valence-electron chi connectivity index (χ0n) is 8.38. The van der Waals surface area contributed by atoms with Gasteiger partial charge in [0.15, 0.2) is 0 Å². The van der Waals surface area contributed by atoms with Crippen LogP contribution in [0.1, 0.15) is 13.3 Å². The van der Waals surface area contributed by atoms with E-state index in [4.69, 9.17) is 4.74 Å². The van der Waals surface area contributed by atoms with Crippen LogP contribution in [0.25, 0.3) is 0 Å². The number of rotatable bonds is 5. The maximum atomic E-state index is 5.67. The Morgan fingerprint density at radius 1 is 1.77 bits per heavy atom. The molecule has 0 radical (unpaired) electrons. The van der Waals surface area contributed by atoms with E-state index in [0.717, 1.165) is 32.7 Å². The third kappa shape index (κ3) is 3.46. The van der Waals surface area contributed by atoms with Gasteiger partial charge in [-0.25, -0.2) is 0 Å². The summed E-state index contributed by atoms with van der Waals surface area (Å²) in [7, 11) is 0. The van der Waals surface area contributed by atoms with Gasteiger partial charge in [-0.3, -0.25) is 0 Å². The van der Waals surface area contributed by atoms with Gasteiger partial charge in [0.1, 0.15) is 0 Å². The van der Waals surface area contributed by atoms with E-state index >= 15 is 0 Å². The maximum absolute atomic E-state index is 5.67. The second kappa shape index (κ2) is 6.13. The molecule has 1 aliphatic heterocycles. The first kappa shape index (κ1) is 10.7. The summed E-state index contributed by atoms with van der Waals surface area (Å²) in [4.78, 5) is 0. The predicted molar refractivity (Wildman–Crippen MR) is 54.9 cm³/mol. The molecule has 0 aromatic rings. The van der Waals surface area contributed by atoms with Gasteiger partial charge in [-0.1, -0.05) is 13.0 Å². The van der Waals surface area contributed by atoms with Crippen molar-refractivity contribution in [1.82, 2.24) is 10.6 Å². The van der Waals surface area contributed by atoms with Crippen molar-refractivity contribution in [3.63, 3.8) is 0 Å². The Hall–Kier alpha value is -0.380. The van der Waals surface area contributed by atoms with Gasteiger partial charge in [0, 0.05) is 25.7 Å². The second-order valence-corrected chi connectivity index (χ2v) is 3.33. The SMILES string of the molecule is C=CCNC(CC)C1CNCCO1. The van der Waals surface area contributed by atoms with Gasteiger partial charge >= 0.3 is 0 Å². The van der Waals surface area contributed by atoms with Crippen LogP contribution in [0, 0.1) is 0 Å². The molecular weight excluding hydrogens is 164 g/mol. The predicted octanol–water partition coefficient (Wildman–Crippen LogP) is 0.529. The molecule has 0 saturated carbocycles. The third-order valence-electron chi connectivity index (χ3n) is 2.37. The summed E-state index contributed by atoms with van der Waals surface area (Å²) in [5.41, 5.74) is 0. The fourth-order valence-electron chi connectivity index (χ4n) is 1.62. The monoisotopic (exact) mass is 184 g/mol. The maximum Gasteiger partial charge on any atom is 0.0852 e. The van der Waals surface area contributed by atoms with Gasteiger partial charge in [-0.15, -0.1) is 6.58 Å². The van der Waals surface area contributed by atoms with Crippen molar-refractivity contribution in [2.24, 2.45) is 0 Å². The summed E-state index contributed by atoms with van der Waals surface area (Å²) in [6.45, 7) is 9.50. The molecule has 0 spiro atoms. The van der Waals surface area contributed by atoms with Crippen molar-refractivity contribution in [2.45, 2.75) is 25.5 Å². The Morgan fingerprint density at radius 3 is 3.15 bits per heavy atom. The highest BCUT2D eigenvalue weighted by Gasteiger charge is 2.21. The standard InChI is InChI=1S/C10H20N2O/c1-3-5-12-9(4-2)10-8-11-6-7-13-10/h3,9-12H,1,4-8H2,2H3. The number of nitrogens with one attached hydrogen (secondary N) is 2. The van der Waals surface area contributed by atoms with Crippen molar-refractivity contribution in [3.8, 4) is 0 Å². The lowest BCUT2D eigenvalue weighted by Gasteiger charge is -2.30. The molecule has 2 N–H and O–H groups in total. The topological polar surface area (TPSA) is 33.3 Å². The van der Waals surface area contributed by atoms with Crippen molar-refractivity contribution in [3.05, 3.63) is 12.7 Å². The molecule has 0 aromatic carbocycles. The molecular formula is C10H20N2O. The molecule has 1 fully saturated rings. The summed E-state index contributed by atoms with van der Waals surface area (Å²) in [6, 6.07) is 0.450. The largest absolute Gasteiger partial charge is 0.374 e. The number of ether oxygens (including phenoxy) is 1. The van der Waals surface area contributed by atoms with Gasteiger partial charge in [-0.2, -0.15) is 0 Å². The number of morpholine rings is 1. The first-order valence-corrected chi connectivity index (χ1v) is 5.05. The average molecular weight is 184 g/mol. The molecule has 2 unspecified atom stereocenters. The molecule has 0 amide bonds. The van der Waals surface area contributed by atoms with Crippen LogP contribution >= 0.6 is 0 Å². The van der Waals surface area contributed by atoms with E-state index in [1.807, 2.05) is 6.08 Å². The van der Waals surface area contributed by atoms with Crippen LogP contribution in [0.3, 0.4) is 0 Å². The van der Waals surface area contributed by atoms with E-state index in [2.05, 4.69) is 24.1 Å². The van der Waals surface area contributed by atoms with E-state index < -0.39 is 0 Å². The van der Waals surface area contributed by atoms with Crippen molar-refractivity contribution < 1.29 is 4.74 Å². The van der Waals surface area contributed by atoms with Crippen LogP contribution in [-0.2, 0) is 4.74 Å². The van der Waals surface area contributed by atoms with Crippen molar-refractivity contribution >= 4 is 0 Å². The van der Waals surface area contributed by atoms with Crippen LogP contribution in [0.5, 0.6) is 0 Å². The number of hydrogen-bond donors (Lipinski definition) is 2. The van der Waals surface area contributed by atoms with Gasteiger partial charge in [0.2, 0.25) is 0 Å². The van der Waals surface area contributed by atoms with Crippen LogP contribution in [-0.4, -0.2) is 38.4 Å². The molecule has 2 atom stereocenters. The zero-order chi connectivity index (χ0) is 9.52. The van der Waals surface area contributed by atoms with Gasteiger partial charge in [0.25, 0.3) is 0 Å². The van der Waals surface area contributed by atoms with Gasteiger partial charge in [0.05, 0.1) is 12.7 Å². The molecule has 1 aliphatic rings. The molecule has 0 aromatic heterocycles. The van der Waals surface area contributed by atoms with Crippen LogP contribution in [0.2, 0.25) is 0 Å². The minimum Gasteiger partial charge on any atom is -0.374 e. The van der Waals surface area contributed by atoms with E-state index in [1.54, 1.807) is 0 Å². The molecule has 0 bridgehead atoms. The molecule has 3 nitrogen and oxygen atoms in total. The van der Waals surface area contributed by atoms with Crippen LogP contribution in [0.4, 0.5) is 0 Å². The van der Waals surface area contributed by atoms with Crippen molar-refractivity contribution in [2.75, 3.05) is 26.2 Å². The molecule has 1 saturated heterocycles. The first-order valence-electron chi connectivity index (χ1n) is 5.05. The normalized spacial score (nSPS) is 25.5.